The number of nitro benzene ring substituents is 1. The number of benzene rings is 2. The summed E-state index contributed by atoms with van der Waals surface area (Å²) in [5, 5.41) is 15.9. The number of hydrogen-bond acceptors (Lipinski definition) is 7. The lowest BCUT2D eigenvalue weighted by molar-refractivity contribution is -0.385. The molecule has 0 unspecified atom stereocenters. The molecule has 1 heterocycles. The number of non-ortho nitro benzene ring substituents is 1. The van der Waals surface area contributed by atoms with Crippen molar-refractivity contribution in [2.75, 3.05) is 30.3 Å². The van der Waals surface area contributed by atoms with Crippen LogP contribution < -0.4 is 10.1 Å². The molecule has 9 nitrogen and oxygen atoms in total. The van der Waals surface area contributed by atoms with E-state index < -0.39 is 14.9 Å². The third-order valence-corrected chi connectivity index (χ3v) is 6.13. The fourth-order valence-electron chi connectivity index (χ4n) is 2.80. The molecule has 2 N–H and O–H groups in total. The molecule has 0 spiro atoms. The normalized spacial score (nSPS) is 15.0. The van der Waals surface area contributed by atoms with Crippen molar-refractivity contribution in [3.8, 4) is 0 Å². The van der Waals surface area contributed by atoms with E-state index in [9.17, 15) is 18.5 Å². The monoisotopic (exact) mass is 437 g/mol. The van der Waals surface area contributed by atoms with Crippen molar-refractivity contribution >= 4 is 44.4 Å². The van der Waals surface area contributed by atoms with Crippen LogP contribution in [0.3, 0.4) is 0 Å². The van der Waals surface area contributed by atoms with E-state index in [1.807, 2.05) is 7.05 Å². The third-order valence-electron chi connectivity index (χ3n) is 4.46. The van der Waals surface area contributed by atoms with E-state index >= 15 is 0 Å². The van der Waals surface area contributed by atoms with Crippen molar-refractivity contribution in [2.24, 2.45) is 5.10 Å². The number of hydrogen-bond donors (Lipinski definition) is 2. The Bertz CT molecular complexity index is 1030. The maximum atomic E-state index is 12.9. The van der Waals surface area contributed by atoms with Crippen LogP contribution >= 0.6 is 11.6 Å². The number of rotatable bonds is 6. The summed E-state index contributed by atoms with van der Waals surface area (Å²) in [6.07, 6.45) is 1.53. The molecule has 2 aromatic carbocycles. The summed E-state index contributed by atoms with van der Waals surface area (Å²) >= 11 is 5.82. The van der Waals surface area contributed by atoms with Gasteiger partial charge in [0.1, 0.15) is 4.90 Å². The number of nitro groups is 1. The average Bonchev–Trinajstić information content (AvgIpc) is 2.69. The Morgan fingerprint density at radius 1 is 1.14 bits per heavy atom. The molecule has 0 bridgehead atoms. The molecule has 1 saturated heterocycles. The van der Waals surface area contributed by atoms with Gasteiger partial charge in [0.2, 0.25) is 0 Å². The maximum Gasteiger partial charge on any atom is 0.270 e. The molecule has 1 aliphatic heterocycles. The number of halogens is 1. The molecular weight excluding hydrogens is 418 g/mol. The van der Waals surface area contributed by atoms with Crippen molar-refractivity contribution in [3.05, 3.63) is 57.6 Å². The molecule has 0 radical (unpaired) electrons. The van der Waals surface area contributed by atoms with Gasteiger partial charge in [0.05, 0.1) is 10.6 Å². The fraction of sp³-hybridized carbons (Fsp3) is 0.278. The number of hydrazone groups is 1. The molecule has 1 fully saturated rings. The minimum absolute atomic E-state index is 0.156. The minimum atomic E-state index is -4.11. The summed E-state index contributed by atoms with van der Waals surface area (Å²) in [6, 6.07) is 9.67. The van der Waals surface area contributed by atoms with Gasteiger partial charge in [-0.3, -0.25) is 20.3 Å². The summed E-state index contributed by atoms with van der Waals surface area (Å²) in [6.45, 7) is 1.73. The van der Waals surface area contributed by atoms with Crippen LogP contribution in [0.2, 0.25) is 5.02 Å². The minimum Gasteiger partial charge on any atom is -0.306 e. The number of nitrogens with one attached hydrogen (secondary N) is 2. The van der Waals surface area contributed by atoms with Crippen molar-refractivity contribution in [2.45, 2.75) is 17.7 Å². The lowest BCUT2D eigenvalue weighted by Gasteiger charge is -2.23. The van der Waals surface area contributed by atoms with Crippen molar-refractivity contribution in [1.82, 2.24) is 4.90 Å². The highest BCUT2D eigenvalue weighted by molar-refractivity contribution is 7.92. The molecule has 3 rings (SSSR count). The number of anilines is 2. The van der Waals surface area contributed by atoms with Gasteiger partial charge in [0, 0.05) is 54.5 Å². The first-order valence-corrected chi connectivity index (χ1v) is 10.7. The van der Waals surface area contributed by atoms with Crippen LogP contribution in [0.4, 0.5) is 17.1 Å². The van der Waals surface area contributed by atoms with Gasteiger partial charge in [0.15, 0.2) is 0 Å². The first-order valence-electron chi connectivity index (χ1n) is 8.81. The topological polar surface area (TPSA) is 117 Å². The molecule has 154 valence electrons. The Labute approximate surface area is 173 Å². The predicted octanol–water partition coefficient (Wildman–Crippen LogP) is 3.54. The average molecular weight is 438 g/mol. The largest absolute Gasteiger partial charge is 0.306 e. The zero-order valence-corrected chi connectivity index (χ0v) is 17.2. The number of sulfonamides is 1. The van der Waals surface area contributed by atoms with E-state index in [2.05, 4.69) is 20.1 Å². The zero-order chi connectivity index (χ0) is 21.0. The Morgan fingerprint density at radius 2 is 1.79 bits per heavy atom. The van der Waals surface area contributed by atoms with E-state index in [1.165, 1.54) is 36.4 Å². The summed E-state index contributed by atoms with van der Waals surface area (Å²) in [4.78, 5) is 12.4. The highest BCUT2D eigenvalue weighted by atomic mass is 35.5. The third kappa shape index (κ3) is 5.43. The molecule has 29 heavy (non-hydrogen) atoms. The molecular formula is C18H20ClN5O4S. The summed E-state index contributed by atoms with van der Waals surface area (Å²) in [7, 11) is -2.09. The van der Waals surface area contributed by atoms with Crippen LogP contribution in [0.25, 0.3) is 0 Å². The molecule has 0 atom stereocenters. The van der Waals surface area contributed by atoms with Gasteiger partial charge in [-0.1, -0.05) is 11.6 Å². The van der Waals surface area contributed by atoms with E-state index in [1.54, 1.807) is 0 Å². The SMILES string of the molecule is CN1CCC(=NNc2ccc([N+](=O)[O-])cc2S(=O)(=O)Nc2ccc(Cl)cc2)CC1. The highest BCUT2D eigenvalue weighted by Crippen LogP contribution is 2.29. The second kappa shape index (κ2) is 8.76. The quantitative estimate of drug-likeness (QED) is 0.527. The van der Waals surface area contributed by atoms with Gasteiger partial charge in [0.25, 0.3) is 15.7 Å². The van der Waals surface area contributed by atoms with E-state index in [-0.39, 0.29) is 22.0 Å². The first kappa shape index (κ1) is 21.0. The molecule has 11 heteroatoms. The molecule has 0 saturated carbocycles. The molecule has 0 aliphatic carbocycles. The van der Waals surface area contributed by atoms with E-state index in [0.717, 1.165) is 37.7 Å². The number of likely N-dealkylation sites (tertiary alicyclic amines) is 1. The maximum absolute atomic E-state index is 12.9. The second-order valence-corrected chi connectivity index (χ2v) is 8.73. The first-order chi connectivity index (χ1) is 13.7. The van der Waals surface area contributed by atoms with Crippen molar-refractivity contribution < 1.29 is 13.3 Å². The van der Waals surface area contributed by atoms with E-state index in [4.69, 9.17) is 11.6 Å². The lowest BCUT2D eigenvalue weighted by atomic mass is 10.1. The second-order valence-electron chi connectivity index (χ2n) is 6.64. The molecule has 2 aromatic rings. The fourth-order valence-corrected chi connectivity index (χ4v) is 4.16. The van der Waals surface area contributed by atoms with E-state index in [0.29, 0.717) is 5.02 Å². The highest BCUT2D eigenvalue weighted by Gasteiger charge is 2.23. The van der Waals surface area contributed by atoms with Gasteiger partial charge in [-0.05, 0) is 37.4 Å². The van der Waals surface area contributed by atoms with Crippen LogP contribution in [0.1, 0.15) is 12.8 Å². The van der Waals surface area contributed by atoms with Crippen molar-refractivity contribution in [1.29, 1.82) is 0 Å². The van der Waals surface area contributed by atoms with Gasteiger partial charge < -0.3 is 4.90 Å². The summed E-state index contributed by atoms with van der Waals surface area (Å²) in [5.74, 6) is 0. The van der Waals surface area contributed by atoms with Crippen LogP contribution in [0.15, 0.2) is 52.5 Å². The number of nitrogens with zero attached hydrogens (tertiary/aromatic N) is 3. The smallest absolute Gasteiger partial charge is 0.270 e. The summed E-state index contributed by atoms with van der Waals surface area (Å²) < 4.78 is 28.2. The van der Waals surface area contributed by atoms with Crippen molar-refractivity contribution in [3.63, 3.8) is 0 Å². The molecule has 0 amide bonds. The van der Waals surface area contributed by atoms with Crippen LogP contribution in [-0.4, -0.2) is 44.1 Å². The Hall–Kier alpha value is -2.69. The molecule has 0 aromatic heterocycles. The Morgan fingerprint density at radius 3 is 2.41 bits per heavy atom. The van der Waals surface area contributed by atoms with Gasteiger partial charge in [-0.2, -0.15) is 5.10 Å². The molecule has 1 aliphatic rings. The van der Waals surface area contributed by atoms with Gasteiger partial charge >= 0.3 is 0 Å². The predicted molar refractivity (Wildman–Crippen MR) is 113 cm³/mol. The Balaban J connectivity index is 1.91. The van der Waals surface area contributed by atoms with Gasteiger partial charge in [-0.15, -0.1) is 0 Å². The zero-order valence-electron chi connectivity index (χ0n) is 15.6. The standard InChI is InChI=1S/C18H20ClN5O4S/c1-23-10-8-14(9-11-23)20-21-17-7-6-16(24(25)26)12-18(17)29(27,28)22-15-4-2-13(19)3-5-15/h2-7,12,21-22H,8-11H2,1H3. The summed E-state index contributed by atoms with van der Waals surface area (Å²) in [5.41, 5.74) is 3.79. The lowest BCUT2D eigenvalue weighted by Crippen LogP contribution is -2.30. The number of piperidine rings is 1. The van der Waals surface area contributed by atoms with Crippen LogP contribution in [0, 0.1) is 10.1 Å². The van der Waals surface area contributed by atoms with Gasteiger partial charge in [-0.25, -0.2) is 8.42 Å². The van der Waals surface area contributed by atoms with Crippen LogP contribution in [-0.2, 0) is 10.0 Å². The Kier molecular flexibility index (Phi) is 6.36. The van der Waals surface area contributed by atoms with Crippen LogP contribution in [0.5, 0.6) is 0 Å².